The number of imidazole rings is 1. The van der Waals surface area contributed by atoms with Crippen molar-refractivity contribution in [1.29, 1.82) is 0 Å². The van der Waals surface area contributed by atoms with Crippen molar-refractivity contribution in [3.8, 4) is 17.0 Å². The highest BCUT2D eigenvalue weighted by Crippen LogP contribution is 2.32. The van der Waals surface area contributed by atoms with E-state index in [2.05, 4.69) is 10.3 Å². The molecule has 1 N–H and O–H groups in total. The van der Waals surface area contributed by atoms with Crippen LogP contribution >= 0.6 is 11.3 Å². The highest BCUT2D eigenvalue weighted by Gasteiger charge is 2.24. The number of aromatic nitrogens is 5. The Hall–Kier alpha value is -4.07. The van der Waals surface area contributed by atoms with Crippen molar-refractivity contribution < 1.29 is 18.3 Å². The standard InChI is InChI=1S/C27H32F2N6O5S/c1-14(2)10-35-22-20(23(37)33(7)25(38)32(22)6)34(26(35)39)11-19(36)31-24-30-18(12-41-24)15-8-16(28)21(17(29)9-15)40-13-27(3,4)5/h8-9,12,14H,10-11,13H2,1-7H3,(H,30,31,36). The number of fused-ring (bicyclic) bond motifs is 1. The van der Waals surface area contributed by atoms with Gasteiger partial charge in [-0.05, 0) is 23.5 Å². The van der Waals surface area contributed by atoms with Crippen LogP contribution in [-0.2, 0) is 32.0 Å². The van der Waals surface area contributed by atoms with Gasteiger partial charge in [-0.2, -0.15) is 0 Å². The lowest BCUT2D eigenvalue weighted by molar-refractivity contribution is -0.116. The van der Waals surface area contributed by atoms with Gasteiger partial charge in [0.2, 0.25) is 5.91 Å². The number of amides is 1. The van der Waals surface area contributed by atoms with E-state index in [1.807, 2.05) is 34.6 Å². The number of carbonyl (C=O) groups excluding carboxylic acids is 1. The molecule has 0 aliphatic heterocycles. The Kier molecular flexibility index (Phi) is 8.07. The maximum atomic E-state index is 14.6. The smallest absolute Gasteiger partial charge is 0.332 e. The monoisotopic (exact) mass is 590 g/mol. The molecule has 11 nitrogen and oxygen atoms in total. The van der Waals surface area contributed by atoms with Gasteiger partial charge in [-0.25, -0.2) is 23.4 Å². The van der Waals surface area contributed by atoms with Gasteiger partial charge >= 0.3 is 11.4 Å². The summed E-state index contributed by atoms with van der Waals surface area (Å²) in [5, 5.41) is 4.21. The van der Waals surface area contributed by atoms with Crippen molar-refractivity contribution in [3.05, 3.63) is 60.5 Å². The van der Waals surface area contributed by atoms with Gasteiger partial charge in [-0.15, -0.1) is 11.3 Å². The summed E-state index contributed by atoms with van der Waals surface area (Å²) in [5.41, 5.74) is -1.78. The largest absolute Gasteiger partial charge is 0.487 e. The summed E-state index contributed by atoms with van der Waals surface area (Å²) < 4.78 is 39.1. The van der Waals surface area contributed by atoms with Crippen LogP contribution in [0, 0.1) is 23.0 Å². The molecule has 0 aliphatic rings. The highest BCUT2D eigenvalue weighted by molar-refractivity contribution is 7.14. The lowest BCUT2D eigenvalue weighted by Crippen LogP contribution is -2.38. The number of anilines is 1. The number of nitrogens with one attached hydrogen (secondary N) is 1. The molecule has 0 radical (unpaired) electrons. The normalized spacial score (nSPS) is 12.0. The Morgan fingerprint density at radius 3 is 2.27 bits per heavy atom. The van der Waals surface area contributed by atoms with E-state index in [-0.39, 0.29) is 52.0 Å². The molecule has 0 saturated carbocycles. The Morgan fingerprint density at radius 2 is 1.68 bits per heavy atom. The third-order valence-corrected chi connectivity index (χ3v) is 6.90. The van der Waals surface area contributed by atoms with E-state index in [1.54, 1.807) is 0 Å². The second-order valence-corrected chi connectivity index (χ2v) is 12.3. The fourth-order valence-corrected chi connectivity index (χ4v) is 5.01. The Morgan fingerprint density at radius 1 is 1.05 bits per heavy atom. The zero-order valence-corrected chi connectivity index (χ0v) is 24.7. The summed E-state index contributed by atoms with van der Waals surface area (Å²) in [4.78, 5) is 56.1. The third-order valence-electron chi connectivity index (χ3n) is 6.14. The van der Waals surface area contributed by atoms with Gasteiger partial charge in [-0.1, -0.05) is 34.6 Å². The molecule has 3 aromatic heterocycles. The van der Waals surface area contributed by atoms with Crippen LogP contribution in [0.3, 0.4) is 0 Å². The summed E-state index contributed by atoms with van der Waals surface area (Å²) >= 11 is 1.02. The number of rotatable bonds is 8. The Balaban J connectivity index is 1.61. The minimum atomic E-state index is -0.879. The zero-order valence-electron chi connectivity index (χ0n) is 23.9. The van der Waals surface area contributed by atoms with Crippen LogP contribution in [0.15, 0.2) is 31.9 Å². The molecule has 1 aromatic carbocycles. The minimum absolute atomic E-state index is 0.0160. The highest BCUT2D eigenvalue weighted by atomic mass is 32.1. The molecule has 0 fully saturated rings. The van der Waals surface area contributed by atoms with Gasteiger partial charge in [0.05, 0.1) is 12.3 Å². The molecule has 0 aliphatic carbocycles. The van der Waals surface area contributed by atoms with Crippen LogP contribution in [0.1, 0.15) is 34.6 Å². The van der Waals surface area contributed by atoms with Gasteiger partial charge < -0.3 is 10.1 Å². The molecule has 0 bridgehead atoms. The molecule has 1 amide bonds. The molecule has 4 aromatic rings. The van der Waals surface area contributed by atoms with E-state index < -0.39 is 46.8 Å². The number of nitrogens with zero attached hydrogens (tertiary/aromatic N) is 5. The molecule has 0 atom stereocenters. The van der Waals surface area contributed by atoms with Crippen molar-refractivity contribution in [2.45, 2.75) is 47.7 Å². The van der Waals surface area contributed by atoms with Gasteiger partial charge in [0.15, 0.2) is 33.7 Å². The minimum Gasteiger partial charge on any atom is -0.487 e. The predicted molar refractivity (Wildman–Crippen MR) is 153 cm³/mol. The number of aryl methyl sites for hydroxylation is 1. The van der Waals surface area contributed by atoms with Gasteiger partial charge in [0.1, 0.15) is 6.54 Å². The third kappa shape index (κ3) is 6.01. The summed E-state index contributed by atoms with van der Waals surface area (Å²) in [6.07, 6.45) is 0. The van der Waals surface area contributed by atoms with Crippen molar-refractivity contribution in [1.82, 2.24) is 23.3 Å². The van der Waals surface area contributed by atoms with E-state index in [4.69, 9.17) is 4.74 Å². The lowest BCUT2D eigenvalue weighted by atomic mass is 9.99. The predicted octanol–water partition coefficient (Wildman–Crippen LogP) is 3.32. The topological polar surface area (TPSA) is 122 Å². The number of hydrogen-bond donors (Lipinski definition) is 1. The summed E-state index contributed by atoms with van der Waals surface area (Å²) in [6.45, 7) is 9.23. The Labute approximate surface area is 237 Å². The molecule has 3 heterocycles. The molecule has 0 saturated heterocycles. The van der Waals surface area contributed by atoms with Crippen LogP contribution in [0.4, 0.5) is 13.9 Å². The summed E-state index contributed by atoms with van der Waals surface area (Å²) in [6, 6.07) is 2.20. The number of benzene rings is 1. The van der Waals surface area contributed by atoms with Gasteiger partial charge in [0, 0.05) is 31.6 Å². The molecule has 14 heteroatoms. The van der Waals surface area contributed by atoms with Gasteiger partial charge in [-0.3, -0.25) is 27.9 Å². The zero-order chi connectivity index (χ0) is 30.4. The maximum absolute atomic E-state index is 14.6. The van der Waals surface area contributed by atoms with Crippen LogP contribution in [0.5, 0.6) is 5.75 Å². The SMILES string of the molecule is CC(C)Cn1c(=O)n(CC(=O)Nc2nc(-c3cc(F)c(OCC(C)(C)C)c(F)c3)cs2)c2c(=O)n(C)c(=O)n(C)c21. The van der Waals surface area contributed by atoms with E-state index >= 15 is 0 Å². The molecule has 0 spiro atoms. The number of hydrogen-bond acceptors (Lipinski definition) is 7. The fraction of sp³-hybridized carbons (Fsp3) is 0.444. The first kappa shape index (κ1) is 29.9. The molecular formula is C27H32F2N6O5S. The average molecular weight is 591 g/mol. The van der Waals surface area contributed by atoms with Crippen molar-refractivity contribution >= 4 is 33.5 Å². The van der Waals surface area contributed by atoms with E-state index in [0.29, 0.717) is 0 Å². The first-order valence-electron chi connectivity index (χ1n) is 12.9. The number of carbonyl (C=O) groups is 1. The van der Waals surface area contributed by atoms with Crippen molar-refractivity contribution in [2.24, 2.45) is 25.4 Å². The average Bonchev–Trinajstić information content (AvgIpc) is 3.43. The van der Waals surface area contributed by atoms with Crippen molar-refractivity contribution in [2.75, 3.05) is 11.9 Å². The second kappa shape index (κ2) is 11.1. The summed E-state index contributed by atoms with van der Waals surface area (Å²) in [5.74, 6) is -2.87. The fourth-order valence-electron chi connectivity index (χ4n) is 4.27. The first-order valence-corrected chi connectivity index (χ1v) is 13.7. The number of halogens is 2. The first-order chi connectivity index (χ1) is 19.1. The Bertz CT molecular complexity index is 1800. The summed E-state index contributed by atoms with van der Waals surface area (Å²) in [7, 11) is 2.75. The van der Waals surface area contributed by atoms with E-state index in [0.717, 1.165) is 32.6 Å². The quantitative estimate of drug-likeness (QED) is 0.336. The van der Waals surface area contributed by atoms with E-state index in [1.165, 1.54) is 28.6 Å². The molecule has 41 heavy (non-hydrogen) atoms. The second-order valence-electron chi connectivity index (χ2n) is 11.5. The molecule has 0 unspecified atom stereocenters. The number of ether oxygens (including phenoxy) is 1. The van der Waals surface area contributed by atoms with Crippen molar-refractivity contribution in [3.63, 3.8) is 0 Å². The van der Waals surface area contributed by atoms with E-state index in [9.17, 15) is 28.0 Å². The van der Waals surface area contributed by atoms with Crippen LogP contribution < -0.4 is 27.0 Å². The maximum Gasteiger partial charge on any atom is 0.332 e. The molecule has 4 rings (SSSR count). The molecule has 220 valence electrons. The lowest BCUT2D eigenvalue weighted by Gasteiger charge is -2.19. The van der Waals surface area contributed by atoms with Crippen LogP contribution in [0.2, 0.25) is 0 Å². The van der Waals surface area contributed by atoms with Gasteiger partial charge in [0.25, 0.3) is 5.56 Å². The molecular weight excluding hydrogens is 558 g/mol. The number of thiazole rings is 1. The van der Waals surface area contributed by atoms with Crippen LogP contribution in [0.25, 0.3) is 22.4 Å². The van der Waals surface area contributed by atoms with Crippen LogP contribution in [-0.4, -0.2) is 35.8 Å².